The summed E-state index contributed by atoms with van der Waals surface area (Å²) in [6.07, 6.45) is 1.31. The zero-order valence-electron chi connectivity index (χ0n) is 3.83. The van der Waals surface area contributed by atoms with Crippen molar-refractivity contribution in [3.63, 3.8) is 0 Å². The maximum atomic E-state index is 9.47. The molecule has 0 unspecified atom stereocenters. The average Bonchev–Trinajstić information content (AvgIpc) is 1.69. The van der Waals surface area contributed by atoms with Crippen LogP contribution in [-0.2, 0) is 9.59 Å². The summed E-state index contributed by atoms with van der Waals surface area (Å²) in [5.41, 5.74) is 0. The molecule has 1 radical (unpaired) electrons. The molecule has 0 saturated carbocycles. The number of hydrogen-bond donors (Lipinski definition) is 0. The number of aldehydes is 2. The van der Waals surface area contributed by atoms with E-state index in [4.69, 9.17) is 0 Å². The van der Waals surface area contributed by atoms with E-state index < -0.39 is 0 Å². The first kappa shape index (κ1) is 6.30. The first-order valence-corrected chi connectivity index (χ1v) is 1.92. The minimum Gasteiger partial charge on any atom is -0.302 e. The highest BCUT2D eigenvalue weighted by atomic mass is 16.1. The Morgan fingerprint density at radius 1 is 1.14 bits per heavy atom. The van der Waals surface area contributed by atoms with Crippen molar-refractivity contribution in [2.24, 2.45) is 0 Å². The lowest BCUT2D eigenvalue weighted by molar-refractivity contribution is -0.108. The third kappa shape index (κ3) is 5.30. The molecule has 0 heterocycles. The van der Waals surface area contributed by atoms with Crippen LogP contribution in [0.4, 0.5) is 0 Å². The number of hydrogen-bond acceptors (Lipinski definition) is 2. The highest BCUT2D eigenvalue weighted by Crippen LogP contribution is 1.50. The molecule has 3 heteroatoms. The van der Waals surface area contributed by atoms with Gasteiger partial charge >= 0.3 is 0 Å². The highest BCUT2D eigenvalue weighted by molar-refractivity contribution is 5.55. The Bertz CT molecular complexity index is 54.7. The van der Waals surface area contributed by atoms with E-state index in [0.29, 0.717) is 12.6 Å². The summed E-state index contributed by atoms with van der Waals surface area (Å²) >= 11 is 0. The lowest BCUT2D eigenvalue weighted by atomic mass is 10.6. The lowest BCUT2D eigenvalue weighted by Gasteiger charge is -1.81. The van der Waals surface area contributed by atoms with Gasteiger partial charge in [0.15, 0.2) is 0 Å². The Kier molecular flexibility index (Phi) is 4.77. The molecule has 0 aliphatic rings. The Balaban J connectivity index is 2.68. The molecular weight excluding hydrogens is 94.0 g/mol. The van der Waals surface area contributed by atoms with Gasteiger partial charge in [-0.15, -0.1) is 0 Å². The molecule has 7 heavy (non-hydrogen) atoms. The van der Waals surface area contributed by atoms with Gasteiger partial charge in [-0.3, -0.25) is 0 Å². The molecule has 39 valence electrons. The summed E-state index contributed by atoms with van der Waals surface area (Å²) in [4.78, 5) is 18.9. The van der Waals surface area contributed by atoms with Crippen LogP contribution in [0.5, 0.6) is 0 Å². The van der Waals surface area contributed by atoms with Gasteiger partial charge < -0.3 is 9.59 Å². The molecule has 0 rings (SSSR count). The molecule has 0 amide bonds. The van der Waals surface area contributed by atoms with Crippen LogP contribution in [-0.4, -0.2) is 25.7 Å². The van der Waals surface area contributed by atoms with Gasteiger partial charge in [-0.25, -0.2) is 5.32 Å². The van der Waals surface area contributed by atoms with E-state index in [0.717, 1.165) is 0 Å². The average molecular weight is 100 g/mol. The van der Waals surface area contributed by atoms with E-state index in [9.17, 15) is 9.59 Å². The number of nitrogens with zero attached hydrogens (tertiary/aromatic N) is 1. The van der Waals surface area contributed by atoms with Gasteiger partial charge in [0.1, 0.15) is 12.6 Å². The van der Waals surface area contributed by atoms with Crippen molar-refractivity contribution in [2.75, 3.05) is 13.1 Å². The summed E-state index contributed by atoms with van der Waals surface area (Å²) in [7, 11) is 0. The van der Waals surface area contributed by atoms with Crippen molar-refractivity contribution < 1.29 is 9.59 Å². The van der Waals surface area contributed by atoms with Gasteiger partial charge in [0.05, 0.1) is 13.1 Å². The third-order valence-corrected chi connectivity index (χ3v) is 0.407. The Labute approximate surface area is 41.7 Å². The molecule has 3 nitrogen and oxygen atoms in total. The molecule has 0 N–H and O–H groups in total. The number of carbonyl (C=O) groups is 2. The molecule has 0 bridgehead atoms. The topological polar surface area (TPSA) is 48.2 Å². The minimum atomic E-state index is 0.138. The Morgan fingerprint density at radius 3 is 1.86 bits per heavy atom. The van der Waals surface area contributed by atoms with Crippen LogP contribution < -0.4 is 5.32 Å². The molecule has 0 aromatic rings. The van der Waals surface area contributed by atoms with Crippen LogP contribution in [0.1, 0.15) is 0 Å². The molecular formula is C4H6NO2. The van der Waals surface area contributed by atoms with E-state index >= 15 is 0 Å². The van der Waals surface area contributed by atoms with Crippen LogP contribution in [0, 0.1) is 0 Å². The normalized spacial score (nSPS) is 8.00. The van der Waals surface area contributed by atoms with E-state index in [1.807, 2.05) is 0 Å². The summed E-state index contributed by atoms with van der Waals surface area (Å²) in [5, 5.41) is 3.47. The van der Waals surface area contributed by atoms with E-state index in [-0.39, 0.29) is 13.1 Å². The van der Waals surface area contributed by atoms with Gasteiger partial charge in [-0.1, -0.05) is 0 Å². The molecule has 0 aromatic heterocycles. The molecule has 0 aromatic carbocycles. The highest BCUT2D eigenvalue weighted by Gasteiger charge is 1.78. The van der Waals surface area contributed by atoms with Crippen LogP contribution in [0.15, 0.2) is 0 Å². The summed E-state index contributed by atoms with van der Waals surface area (Å²) in [6, 6.07) is 0. The van der Waals surface area contributed by atoms with Gasteiger partial charge in [0.25, 0.3) is 0 Å². The molecule has 0 aliphatic carbocycles. The molecule has 0 saturated heterocycles. The van der Waals surface area contributed by atoms with Crippen LogP contribution >= 0.6 is 0 Å². The van der Waals surface area contributed by atoms with Crippen LogP contribution in [0.2, 0.25) is 0 Å². The van der Waals surface area contributed by atoms with Crippen molar-refractivity contribution in [3.05, 3.63) is 0 Å². The van der Waals surface area contributed by atoms with Gasteiger partial charge in [0.2, 0.25) is 0 Å². The maximum absolute atomic E-state index is 9.47. The van der Waals surface area contributed by atoms with E-state index in [1.54, 1.807) is 0 Å². The Hall–Kier alpha value is -0.700. The fourth-order valence-electron chi connectivity index (χ4n) is 0.180. The quantitative estimate of drug-likeness (QED) is 0.335. The summed E-state index contributed by atoms with van der Waals surface area (Å²) < 4.78 is 0. The molecule has 0 aliphatic heterocycles. The van der Waals surface area contributed by atoms with Gasteiger partial charge in [-0.05, 0) is 0 Å². The molecule has 0 atom stereocenters. The van der Waals surface area contributed by atoms with Crippen LogP contribution in [0.25, 0.3) is 0 Å². The maximum Gasteiger partial charge on any atom is 0.135 e. The fraction of sp³-hybridized carbons (Fsp3) is 0.500. The summed E-state index contributed by atoms with van der Waals surface area (Å²) in [5.74, 6) is 0. The van der Waals surface area contributed by atoms with Crippen molar-refractivity contribution in [2.45, 2.75) is 0 Å². The van der Waals surface area contributed by atoms with Crippen molar-refractivity contribution in [1.29, 1.82) is 0 Å². The summed E-state index contributed by atoms with van der Waals surface area (Å²) in [6.45, 7) is 0.275. The fourth-order valence-corrected chi connectivity index (χ4v) is 0.180. The second-order valence-corrected chi connectivity index (χ2v) is 0.922. The van der Waals surface area contributed by atoms with E-state index in [1.165, 1.54) is 0 Å². The first-order valence-electron chi connectivity index (χ1n) is 1.92. The minimum absolute atomic E-state index is 0.138. The second-order valence-electron chi connectivity index (χ2n) is 0.922. The van der Waals surface area contributed by atoms with Crippen LogP contribution in [0.3, 0.4) is 0 Å². The number of carbonyl (C=O) groups excluding carboxylic acids is 2. The van der Waals surface area contributed by atoms with Crippen molar-refractivity contribution in [3.8, 4) is 0 Å². The van der Waals surface area contributed by atoms with Crippen molar-refractivity contribution >= 4 is 12.6 Å². The number of rotatable bonds is 4. The SMILES string of the molecule is O=CC[N]CC=O. The largest absolute Gasteiger partial charge is 0.302 e. The predicted octanol–water partition coefficient (Wildman–Crippen LogP) is -1.01. The zero-order valence-corrected chi connectivity index (χ0v) is 3.83. The van der Waals surface area contributed by atoms with E-state index in [2.05, 4.69) is 5.32 Å². The van der Waals surface area contributed by atoms with Gasteiger partial charge in [0, 0.05) is 0 Å². The third-order valence-electron chi connectivity index (χ3n) is 0.407. The van der Waals surface area contributed by atoms with Crippen molar-refractivity contribution in [1.82, 2.24) is 5.32 Å². The van der Waals surface area contributed by atoms with Gasteiger partial charge in [-0.2, -0.15) is 0 Å². The lowest BCUT2D eigenvalue weighted by Crippen LogP contribution is -2.09. The predicted molar refractivity (Wildman–Crippen MR) is 24.0 cm³/mol. The molecule has 0 fully saturated rings. The Morgan fingerprint density at radius 2 is 1.57 bits per heavy atom. The second kappa shape index (κ2) is 5.30. The standard InChI is InChI=1S/C4H6NO2/c6-3-1-5-2-4-7/h3-4H,1-2H2. The smallest absolute Gasteiger partial charge is 0.135 e. The molecule has 0 spiro atoms. The zero-order chi connectivity index (χ0) is 5.54. The monoisotopic (exact) mass is 100 g/mol. The first-order chi connectivity index (χ1) is 3.41.